The Bertz CT molecular complexity index is 1130. The van der Waals surface area contributed by atoms with Crippen LogP contribution in [-0.4, -0.2) is 45.9 Å². The van der Waals surface area contributed by atoms with Crippen molar-refractivity contribution in [1.82, 2.24) is 14.6 Å². The molecule has 0 unspecified atom stereocenters. The third-order valence-corrected chi connectivity index (χ3v) is 3.68. The molecule has 2 rings (SSSR count). The summed E-state index contributed by atoms with van der Waals surface area (Å²) in [7, 11) is -2.21. The molecule has 0 saturated heterocycles. The van der Waals surface area contributed by atoms with Crippen LogP contribution in [0.4, 0.5) is 0 Å². The highest BCUT2D eigenvalue weighted by atomic mass is 32.2. The molecule has 1 heterocycles. The van der Waals surface area contributed by atoms with Gasteiger partial charge >= 0.3 is 0 Å². The van der Waals surface area contributed by atoms with Gasteiger partial charge in [0.1, 0.15) is 1.41 Å². The molecule has 0 saturated carbocycles. The molecule has 0 fully saturated rings. The largest absolute Gasteiger partial charge is 0.361 e. The SMILES string of the molecule is [2H]c1c(CS(=O)(=O)N([2H])C)c([2H])c2c(C([2H])([2H])CN(C)C([2H])([2H])[2H])c([2H])n([2H])c2c1[2H]. The zero-order valence-electron chi connectivity index (χ0n) is 22.0. The first-order chi connectivity index (χ1) is 13.8. The van der Waals surface area contributed by atoms with Gasteiger partial charge in [0.15, 0.2) is 1.41 Å². The van der Waals surface area contributed by atoms with Crippen molar-refractivity contribution in [3.05, 3.63) is 35.4 Å². The zero-order valence-corrected chi connectivity index (χ0v) is 11.8. The van der Waals surface area contributed by atoms with Gasteiger partial charge in [-0.05, 0) is 50.7 Å². The van der Waals surface area contributed by atoms with Crippen molar-refractivity contribution in [2.45, 2.75) is 12.1 Å². The lowest BCUT2D eigenvalue weighted by molar-refractivity contribution is 0.414. The number of likely N-dealkylation sites (N-methyl/N-ethyl adjacent to an activating group) is 1. The first kappa shape index (κ1) is 6.17. The van der Waals surface area contributed by atoms with Gasteiger partial charge in [-0.2, -0.15) is 0 Å². The van der Waals surface area contributed by atoms with Crippen molar-refractivity contribution in [3.8, 4) is 0 Å². The second-order valence-corrected chi connectivity index (χ2v) is 5.94. The molecule has 0 aliphatic rings. The molecular formula is C14H21N3O2S. The Balaban J connectivity index is 2.88. The highest BCUT2D eigenvalue weighted by Crippen LogP contribution is 2.21. The maximum atomic E-state index is 12.1. The van der Waals surface area contributed by atoms with Crippen molar-refractivity contribution in [2.75, 3.05) is 27.6 Å². The number of hydrogen-bond donors (Lipinski definition) is 2. The molecule has 0 amide bonds. The van der Waals surface area contributed by atoms with Crippen LogP contribution in [0.25, 0.3) is 10.9 Å². The summed E-state index contributed by atoms with van der Waals surface area (Å²) in [6.07, 6.45) is -3.32. The summed E-state index contributed by atoms with van der Waals surface area (Å²) in [5.41, 5.74) is -1.47. The van der Waals surface area contributed by atoms with Crippen LogP contribution in [0.1, 0.15) is 23.5 Å². The van der Waals surface area contributed by atoms with E-state index in [1.165, 1.54) is 0 Å². The molecule has 0 aliphatic heterocycles. The van der Waals surface area contributed by atoms with E-state index in [1.807, 2.05) is 0 Å². The van der Waals surface area contributed by atoms with E-state index in [0.717, 1.165) is 14.1 Å². The number of aromatic nitrogens is 1. The van der Waals surface area contributed by atoms with Crippen LogP contribution < -0.4 is 4.72 Å². The lowest BCUT2D eigenvalue weighted by atomic mass is 10.1. The maximum absolute atomic E-state index is 12.1. The van der Waals surface area contributed by atoms with E-state index in [2.05, 4.69) is 0 Å². The molecule has 0 spiro atoms. The Labute approximate surface area is 135 Å². The molecule has 0 radical (unpaired) electrons. The molecule has 0 bridgehead atoms. The van der Waals surface area contributed by atoms with Crippen LogP contribution >= 0.6 is 0 Å². The zero-order chi connectivity index (χ0) is 24.3. The Hall–Kier alpha value is -1.37. The van der Waals surface area contributed by atoms with Crippen LogP contribution in [0.15, 0.2) is 24.3 Å². The summed E-state index contributed by atoms with van der Waals surface area (Å²) < 4.78 is 112. The topological polar surface area (TPSA) is 65.2 Å². The number of sulfonamides is 1. The van der Waals surface area contributed by atoms with Gasteiger partial charge in [0, 0.05) is 30.5 Å². The normalized spacial score (nSPS) is 21.9. The van der Waals surface area contributed by atoms with E-state index in [1.54, 1.807) is 0 Å². The number of hydrogen-bond acceptors (Lipinski definition) is 3. The quantitative estimate of drug-likeness (QED) is 0.846. The summed E-state index contributed by atoms with van der Waals surface area (Å²) in [6.45, 7) is -3.40. The molecule has 110 valence electrons. The summed E-state index contributed by atoms with van der Waals surface area (Å²) in [5, 5.41) is -0.414. The number of rotatable bonds is 6. The first-order valence-electron chi connectivity index (χ1n) is 11.0. The lowest BCUT2D eigenvalue weighted by Gasteiger charge is -2.08. The predicted molar refractivity (Wildman–Crippen MR) is 82.2 cm³/mol. The molecular weight excluding hydrogens is 274 g/mol. The van der Waals surface area contributed by atoms with Crippen LogP contribution in [0.5, 0.6) is 0 Å². The van der Waals surface area contributed by atoms with Gasteiger partial charge in [-0.15, -0.1) is 0 Å². The highest BCUT2D eigenvalue weighted by Gasteiger charge is 2.11. The van der Waals surface area contributed by atoms with Gasteiger partial charge < -0.3 is 9.88 Å². The van der Waals surface area contributed by atoms with Crippen LogP contribution in [-0.2, 0) is 22.1 Å². The van der Waals surface area contributed by atoms with Crippen molar-refractivity contribution in [1.29, 1.82) is 0 Å². The van der Waals surface area contributed by atoms with Crippen LogP contribution in [0.3, 0.4) is 0 Å². The third kappa shape index (κ3) is 3.59. The Morgan fingerprint density at radius 2 is 2.45 bits per heavy atom. The monoisotopic (exact) mass is 306 g/mol. The number of aromatic amines is 1. The molecule has 1 aromatic heterocycles. The summed E-state index contributed by atoms with van der Waals surface area (Å²) >= 11 is 0. The van der Waals surface area contributed by atoms with E-state index in [-0.39, 0.29) is 4.72 Å². The Morgan fingerprint density at radius 1 is 1.65 bits per heavy atom. The molecule has 0 aliphatic carbocycles. The number of benzene rings is 1. The van der Waals surface area contributed by atoms with Crippen molar-refractivity contribution in [2.24, 2.45) is 0 Å². The van der Waals surface area contributed by atoms with E-state index in [9.17, 15) is 8.42 Å². The van der Waals surface area contributed by atoms with Crippen molar-refractivity contribution >= 4 is 20.9 Å². The molecule has 1 aromatic carbocycles. The molecule has 2 aromatic rings. The number of fused-ring (bicyclic) bond motifs is 1. The van der Waals surface area contributed by atoms with E-state index < -0.39 is 82.0 Å². The Kier molecular flexibility index (Phi) is 1.84. The average Bonchev–Trinajstić information content (AvgIpc) is 2.88. The second kappa shape index (κ2) is 5.95. The number of H-pyrrole nitrogens is 1. The average molecular weight is 306 g/mol. The Morgan fingerprint density at radius 3 is 3.15 bits per heavy atom. The predicted octanol–water partition coefficient (Wildman–Crippen LogP) is 1.32. The number of nitrogens with zero attached hydrogens (tertiary/aromatic N) is 1. The standard InChI is InChI=1S/C14H21N3O2S/c1-15-20(18,19)10-11-4-5-14-13(8-11)12(9-16-14)6-7-17(2)3/h4-5,8-9,15-16H,6-7,10H2,1-3H3/i2D3,4D,5D,6D2,8D,9D/hD2. The second-order valence-electron chi connectivity index (χ2n) is 4.12. The minimum Gasteiger partial charge on any atom is -0.361 e. The van der Waals surface area contributed by atoms with Crippen LogP contribution in [0.2, 0.25) is 2.82 Å². The maximum Gasteiger partial charge on any atom is 0.215 e. The lowest BCUT2D eigenvalue weighted by Crippen LogP contribution is -2.20. The minimum absolute atomic E-state index is 0.136. The minimum atomic E-state index is -4.27. The van der Waals surface area contributed by atoms with Crippen molar-refractivity contribution < 1.29 is 23.6 Å². The van der Waals surface area contributed by atoms with E-state index >= 15 is 0 Å². The molecule has 0 atom stereocenters. The smallest absolute Gasteiger partial charge is 0.215 e. The van der Waals surface area contributed by atoms with E-state index in [4.69, 9.17) is 15.2 Å². The first-order valence-corrected chi connectivity index (χ1v) is 7.25. The fourth-order valence-electron chi connectivity index (χ4n) is 1.52. The summed E-state index contributed by atoms with van der Waals surface area (Å²) in [5.74, 6) is -0.986. The molecule has 6 heteroatoms. The van der Waals surface area contributed by atoms with Gasteiger partial charge in [0.25, 0.3) is 0 Å². The summed E-state index contributed by atoms with van der Waals surface area (Å²) in [4.78, 5) is 1.08. The number of nitrogens with one attached hydrogen (secondary N) is 2. The van der Waals surface area contributed by atoms with E-state index in [0.29, 0.717) is 9.88 Å². The molecule has 20 heavy (non-hydrogen) atoms. The summed E-state index contributed by atoms with van der Waals surface area (Å²) in [6, 6.07) is -2.05. The molecule has 5 nitrogen and oxygen atoms in total. The van der Waals surface area contributed by atoms with Crippen molar-refractivity contribution in [3.63, 3.8) is 0 Å². The van der Waals surface area contributed by atoms with Gasteiger partial charge in [0.05, 0.1) is 11.2 Å². The third-order valence-electron chi connectivity index (χ3n) is 2.47. The fourth-order valence-corrected chi connectivity index (χ4v) is 2.15. The van der Waals surface area contributed by atoms with Gasteiger partial charge in [-0.1, -0.05) is 6.04 Å². The van der Waals surface area contributed by atoms with Crippen LogP contribution in [0, 0.1) is 0 Å². The van der Waals surface area contributed by atoms with Gasteiger partial charge in [-0.3, -0.25) is 0 Å². The fraction of sp³-hybridized carbons (Fsp3) is 0.429. The molecule has 2 N–H and O–H groups in total. The van der Waals surface area contributed by atoms with Gasteiger partial charge in [-0.25, -0.2) is 13.1 Å². The highest BCUT2D eigenvalue weighted by molar-refractivity contribution is 7.88. The van der Waals surface area contributed by atoms with Gasteiger partial charge in [0.2, 0.25) is 10.0 Å².